The molecule has 1 aromatic rings. The van der Waals surface area contributed by atoms with Crippen molar-refractivity contribution in [3.8, 4) is 0 Å². The molecule has 0 saturated carbocycles. The van der Waals surface area contributed by atoms with E-state index in [0.717, 1.165) is 19.3 Å². The van der Waals surface area contributed by atoms with Crippen LogP contribution in [0.5, 0.6) is 0 Å². The van der Waals surface area contributed by atoms with Crippen molar-refractivity contribution in [1.29, 1.82) is 0 Å². The average molecular weight is 320 g/mol. The van der Waals surface area contributed by atoms with Crippen molar-refractivity contribution in [3.05, 3.63) is 39.4 Å². The number of piperidine rings is 1. The summed E-state index contributed by atoms with van der Waals surface area (Å²) in [6, 6.07) is 4.56. The van der Waals surface area contributed by atoms with Crippen molar-refractivity contribution in [2.75, 3.05) is 13.2 Å². The lowest BCUT2D eigenvalue weighted by atomic mass is 10.0. The Hall–Kier alpha value is -2.44. The maximum atomic E-state index is 12.1. The van der Waals surface area contributed by atoms with Crippen LogP contribution in [0, 0.1) is 17.0 Å². The van der Waals surface area contributed by atoms with E-state index in [1.807, 2.05) is 6.92 Å². The minimum absolute atomic E-state index is 0.128. The number of benzene rings is 1. The number of hydrogen-bond acceptors (Lipinski definition) is 5. The molecule has 0 aromatic heterocycles. The van der Waals surface area contributed by atoms with E-state index in [4.69, 9.17) is 4.74 Å². The molecule has 1 heterocycles. The molecule has 1 unspecified atom stereocenters. The highest BCUT2D eigenvalue weighted by atomic mass is 16.6. The lowest BCUT2D eigenvalue weighted by Gasteiger charge is -2.33. The third-order valence-electron chi connectivity index (χ3n) is 4.09. The van der Waals surface area contributed by atoms with Crippen molar-refractivity contribution >= 4 is 17.6 Å². The van der Waals surface area contributed by atoms with Crippen LogP contribution in [0.1, 0.15) is 42.1 Å². The monoisotopic (exact) mass is 320 g/mol. The van der Waals surface area contributed by atoms with Gasteiger partial charge in [-0.2, -0.15) is 0 Å². The smallest absolute Gasteiger partial charge is 0.345 e. The summed E-state index contributed by atoms with van der Waals surface area (Å²) >= 11 is 0. The molecule has 7 nitrogen and oxygen atoms in total. The van der Waals surface area contributed by atoms with Crippen molar-refractivity contribution in [3.63, 3.8) is 0 Å². The molecular weight excluding hydrogens is 300 g/mol. The molecule has 1 saturated heterocycles. The number of hydrogen-bond donors (Lipinski definition) is 0. The first kappa shape index (κ1) is 16.9. The molecule has 0 radical (unpaired) electrons. The third-order valence-corrected chi connectivity index (χ3v) is 4.09. The van der Waals surface area contributed by atoms with E-state index in [1.54, 1.807) is 24.0 Å². The van der Waals surface area contributed by atoms with E-state index >= 15 is 0 Å². The van der Waals surface area contributed by atoms with Crippen LogP contribution in [0.3, 0.4) is 0 Å². The van der Waals surface area contributed by atoms with Crippen LogP contribution >= 0.6 is 0 Å². The summed E-state index contributed by atoms with van der Waals surface area (Å²) in [4.78, 5) is 36.4. The standard InChI is InChI=1S/C16H20N2O5/c1-11-6-5-8-13(15(11)18(21)22)16(20)23-10-14(19)17-9-4-3-7-12(17)2/h5-6,8,12H,3-4,7,9-10H2,1-2H3. The topological polar surface area (TPSA) is 89.8 Å². The molecule has 1 aliphatic rings. The fourth-order valence-electron chi connectivity index (χ4n) is 2.82. The first-order chi connectivity index (χ1) is 10.9. The maximum Gasteiger partial charge on any atom is 0.345 e. The lowest BCUT2D eigenvalue weighted by molar-refractivity contribution is -0.385. The van der Waals surface area contributed by atoms with Gasteiger partial charge in [0.1, 0.15) is 5.56 Å². The number of carbonyl (C=O) groups excluding carboxylic acids is 2. The second-order valence-electron chi connectivity index (χ2n) is 5.74. The molecule has 1 aromatic carbocycles. The predicted octanol–water partition coefficient (Wildman–Crippen LogP) is 2.46. The van der Waals surface area contributed by atoms with Gasteiger partial charge in [0.2, 0.25) is 0 Å². The summed E-state index contributed by atoms with van der Waals surface area (Å²) < 4.78 is 5.00. The third kappa shape index (κ3) is 3.85. The number of nitro groups is 1. The number of ether oxygens (including phenoxy) is 1. The number of aryl methyl sites for hydroxylation is 1. The number of carbonyl (C=O) groups is 2. The molecule has 23 heavy (non-hydrogen) atoms. The summed E-state index contributed by atoms with van der Waals surface area (Å²) in [5.74, 6) is -1.11. The van der Waals surface area contributed by atoms with Gasteiger partial charge in [-0.05, 0) is 39.2 Å². The number of likely N-dealkylation sites (tertiary alicyclic amines) is 1. The maximum absolute atomic E-state index is 12.1. The Morgan fingerprint density at radius 3 is 2.78 bits per heavy atom. The second-order valence-corrected chi connectivity index (χ2v) is 5.74. The summed E-state index contributed by atoms with van der Waals surface area (Å²) in [7, 11) is 0. The zero-order chi connectivity index (χ0) is 17.0. The molecule has 2 rings (SSSR count). The van der Waals surface area contributed by atoms with E-state index in [-0.39, 0.29) is 23.2 Å². The van der Waals surface area contributed by atoms with E-state index in [2.05, 4.69) is 0 Å². The zero-order valence-corrected chi connectivity index (χ0v) is 13.3. The molecule has 124 valence electrons. The van der Waals surface area contributed by atoms with E-state index in [1.165, 1.54) is 6.07 Å². The first-order valence-electron chi connectivity index (χ1n) is 7.62. The van der Waals surface area contributed by atoms with Crippen LogP contribution in [-0.4, -0.2) is 40.9 Å². The molecule has 1 amide bonds. The van der Waals surface area contributed by atoms with Gasteiger partial charge in [-0.3, -0.25) is 14.9 Å². The number of esters is 1. The molecule has 0 aliphatic carbocycles. The zero-order valence-electron chi connectivity index (χ0n) is 13.3. The van der Waals surface area contributed by atoms with E-state index < -0.39 is 17.5 Å². The fourth-order valence-corrected chi connectivity index (χ4v) is 2.82. The molecular formula is C16H20N2O5. The second kappa shape index (κ2) is 7.21. The van der Waals surface area contributed by atoms with Crippen molar-refractivity contribution < 1.29 is 19.2 Å². The minimum Gasteiger partial charge on any atom is -0.452 e. The van der Waals surface area contributed by atoms with Gasteiger partial charge in [0.05, 0.1) is 4.92 Å². The van der Waals surface area contributed by atoms with Crippen molar-refractivity contribution in [1.82, 2.24) is 4.90 Å². The Morgan fingerprint density at radius 2 is 2.13 bits per heavy atom. The van der Waals surface area contributed by atoms with Gasteiger partial charge in [-0.25, -0.2) is 4.79 Å². The van der Waals surface area contributed by atoms with Crippen LogP contribution in [0.15, 0.2) is 18.2 Å². The largest absolute Gasteiger partial charge is 0.452 e. The number of para-hydroxylation sites is 1. The molecule has 0 bridgehead atoms. The van der Waals surface area contributed by atoms with Crippen LogP contribution in [0.4, 0.5) is 5.69 Å². The average Bonchev–Trinajstić information content (AvgIpc) is 2.52. The number of nitrogens with zero attached hydrogens (tertiary/aromatic N) is 2. The van der Waals surface area contributed by atoms with Crippen LogP contribution < -0.4 is 0 Å². The Balaban J connectivity index is 2.04. The molecule has 1 fully saturated rings. The quantitative estimate of drug-likeness (QED) is 0.483. The van der Waals surface area contributed by atoms with Crippen LogP contribution in [-0.2, 0) is 9.53 Å². The first-order valence-corrected chi connectivity index (χ1v) is 7.62. The molecule has 1 aliphatic heterocycles. The fraction of sp³-hybridized carbons (Fsp3) is 0.500. The lowest BCUT2D eigenvalue weighted by Crippen LogP contribution is -2.44. The van der Waals surface area contributed by atoms with Gasteiger partial charge >= 0.3 is 5.97 Å². The molecule has 1 atom stereocenters. The van der Waals surface area contributed by atoms with Gasteiger partial charge in [0.15, 0.2) is 6.61 Å². The Morgan fingerprint density at radius 1 is 1.39 bits per heavy atom. The van der Waals surface area contributed by atoms with Gasteiger partial charge in [-0.1, -0.05) is 12.1 Å². The van der Waals surface area contributed by atoms with E-state index in [0.29, 0.717) is 12.1 Å². The number of rotatable bonds is 4. The summed E-state index contributed by atoms with van der Waals surface area (Å²) in [6.45, 7) is 3.77. The van der Waals surface area contributed by atoms with Gasteiger partial charge < -0.3 is 9.64 Å². The van der Waals surface area contributed by atoms with Gasteiger partial charge in [0, 0.05) is 18.2 Å². The highest BCUT2D eigenvalue weighted by molar-refractivity contribution is 5.95. The van der Waals surface area contributed by atoms with E-state index in [9.17, 15) is 19.7 Å². The Bertz CT molecular complexity index is 629. The SMILES string of the molecule is Cc1cccc(C(=O)OCC(=O)N2CCCCC2C)c1[N+](=O)[O-]. The summed E-state index contributed by atoms with van der Waals surface area (Å²) in [6.07, 6.45) is 2.95. The Labute approximate surface area is 134 Å². The minimum atomic E-state index is -0.849. The number of nitro benzene ring substituents is 1. The Kier molecular flexibility index (Phi) is 5.31. The number of amides is 1. The summed E-state index contributed by atoms with van der Waals surface area (Å²) in [5, 5.41) is 11.1. The van der Waals surface area contributed by atoms with Crippen LogP contribution in [0.25, 0.3) is 0 Å². The van der Waals surface area contributed by atoms with Gasteiger partial charge in [0.25, 0.3) is 11.6 Å². The summed E-state index contributed by atoms with van der Waals surface area (Å²) in [5.41, 5.74) is -0.0359. The van der Waals surface area contributed by atoms with Crippen LogP contribution in [0.2, 0.25) is 0 Å². The van der Waals surface area contributed by atoms with Crippen molar-refractivity contribution in [2.24, 2.45) is 0 Å². The highest BCUT2D eigenvalue weighted by Crippen LogP contribution is 2.24. The molecule has 7 heteroatoms. The highest BCUT2D eigenvalue weighted by Gasteiger charge is 2.27. The molecule has 0 spiro atoms. The van der Waals surface area contributed by atoms with Gasteiger partial charge in [-0.15, -0.1) is 0 Å². The molecule has 0 N–H and O–H groups in total. The predicted molar refractivity (Wildman–Crippen MR) is 83.1 cm³/mol. The normalized spacial score (nSPS) is 17.7. The van der Waals surface area contributed by atoms with Crippen molar-refractivity contribution in [2.45, 2.75) is 39.2 Å².